The number of halogens is 1. The molecule has 34 heavy (non-hydrogen) atoms. The Balaban J connectivity index is 1.36. The lowest BCUT2D eigenvalue weighted by molar-refractivity contribution is 0.0996. The summed E-state index contributed by atoms with van der Waals surface area (Å²) in [5.74, 6) is -0.0751. The zero-order valence-electron chi connectivity index (χ0n) is 18.0. The molecule has 2 aromatic heterocycles. The molecule has 2 aromatic carbocycles. The second-order valence-electron chi connectivity index (χ2n) is 8.05. The molecular formula is C25H21ClN4O4. The van der Waals surface area contributed by atoms with Gasteiger partial charge in [0, 0.05) is 34.8 Å². The topological polar surface area (TPSA) is 109 Å². The molecule has 1 saturated carbocycles. The summed E-state index contributed by atoms with van der Waals surface area (Å²) in [5, 5.41) is 21.2. The van der Waals surface area contributed by atoms with Crippen molar-refractivity contribution in [1.82, 2.24) is 15.1 Å². The first-order valence-corrected chi connectivity index (χ1v) is 11.2. The van der Waals surface area contributed by atoms with Crippen molar-refractivity contribution in [3.8, 4) is 17.0 Å². The molecule has 1 fully saturated rings. The third-order valence-electron chi connectivity index (χ3n) is 5.59. The summed E-state index contributed by atoms with van der Waals surface area (Å²) in [6.07, 6.45) is 3.37. The number of carbonyl (C=O) groups excluding carboxylic acids is 2. The molecule has 9 heteroatoms. The van der Waals surface area contributed by atoms with Crippen molar-refractivity contribution in [3.05, 3.63) is 89.0 Å². The molecule has 2 amide bonds. The summed E-state index contributed by atoms with van der Waals surface area (Å²) >= 11 is 6.19. The number of nitrogens with one attached hydrogen (secondary N) is 2. The van der Waals surface area contributed by atoms with Crippen LogP contribution in [0.25, 0.3) is 11.3 Å². The maximum Gasteiger partial charge on any atom is 0.342 e. The first-order valence-electron chi connectivity index (χ1n) is 10.8. The number of aromatic nitrogens is 2. The molecule has 0 unspecified atom stereocenters. The van der Waals surface area contributed by atoms with Gasteiger partial charge in [-0.25, -0.2) is 4.79 Å². The van der Waals surface area contributed by atoms with Gasteiger partial charge in [0.1, 0.15) is 5.75 Å². The number of benzene rings is 2. The number of rotatable bonds is 6. The lowest BCUT2D eigenvalue weighted by Gasteiger charge is -2.09. The predicted octanol–water partition coefficient (Wildman–Crippen LogP) is 5.39. The van der Waals surface area contributed by atoms with Crippen LogP contribution in [0.4, 0.5) is 10.5 Å². The first-order chi connectivity index (χ1) is 16.5. The molecule has 0 spiro atoms. The number of amides is 2. The highest BCUT2D eigenvalue weighted by atomic mass is 35.5. The minimum Gasteiger partial charge on any atom is -0.507 e. The number of phenols is 1. The van der Waals surface area contributed by atoms with E-state index in [-0.39, 0.29) is 30.0 Å². The van der Waals surface area contributed by atoms with Gasteiger partial charge >= 0.3 is 6.03 Å². The fourth-order valence-corrected chi connectivity index (χ4v) is 3.88. The Bertz CT molecular complexity index is 1360. The van der Waals surface area contributed by atoms with Crippen molar-refractivity contribution >= 4 is 29.2 Å². The maximum absolute atomic E-state index is 12.9. The largest absolute Gasteiger partial charge is 0.507 e. The molecule has 4 aromatic rings. The summed E-state index contributed by atoms with van der Waals surface area (Å²) in [6.45, 7) is 0.271. The average molecular weight is 477 g/mol. The van der Waals surface area contributed by atoms with Gasteiger partial charge in [0.2, 0.25) is 0 Å². The summed E-state index contributed by atoms with van der Waals surface area (Å²) < 4.78 is 6.44. The van der Waals surface area contributed by atoms with Crippen LogP contribution in [0.5, 0.6) is 5.75 Å². The van der Waals surface area contributed by atoms with Gasteiger partial charge in [-0.05, 0) is 54.8 Å². The van der Waals surface area contributed by atoms with E-state index < -0.39 is 5.91 Å². The fourth-order valence-electron chi connectivity index (χ4n) is 3.67. The molecular weight excluding hydrogens is 456 g/mol. The van der Waals surface area contributed by atoms with E-state index in [1.807, 2.05) is 24.3 Å². The van der Waals surface area contributed by atoms with Crippen LogP contribution in [-0.2, 0) is 6.54 Å². The van der Waals surface area contributed by atoms with Gasteiger partial charge in [0.25, 0.3) is 5.91 Å². The lowest BCUT2D eigenvalue weighted by Crippen LogP contribution is -2.30. The number of furan rings is 1. The molecule has 1 aliphatic rings. The van der Waals surface area contributed by atoms with Crippen LogP contribution in [0.1, 0.15) is 40.6 Å². The number of hydrogen-bond acceptors (Lipinski definition) is 5. The van der Waals surface area contributed by atoms with Crippen molar-refractivity contribution < 1.29 is 19.1 Å². The van der Waals surface area contributed by atoms with Gasteiger partial charge in [-0.1, -0.05) is 29.8 Å². The van der Waals surface area contributed by atoms with Crippen LogP contribution in [0.3, 0.4) is 0 Å². The summed E-state index contributed by atoms with van der Waals surface area (Å²) in [7, 11) is 0. The molecule has 8 nitrogen and oxygen atoms in total. The van der Waals surface area contributed by atoms with E-state index in [1.54, 1.807) is 30.3 Å². The van der Waals surface area contributed by atoms with Crippen LogP contribution in [0, 0.1) is 0 Å². The third kappa shape index (κ3) is 4.53. The molecule has 1 aliphatic carbocycles. The van der Waals surface area contributed by atoms with E-state index in [0.717, 1.165) is 24.1 Å². The summed E-state index contributed by atoms with van der Waals surface area (Å²) in [5.41, 5.74) is 2.93. The maximum atomic E-state index is 12.9. The second kappa shape index (κ2) is 9.07. The molecule has 0 aliphatic heterocycles. The van der Waals surface area contributed by atoms with Gasteiger partial charge < -0.3 is 20.2 Å². The van der Waals surface area contributed by atoms with E-state index in [1.165, 1.54) is 17.0 Å². The van der Waals surface area contributed by atoms with Gasteiger partial charge in [-0.2, -0.15) is 9.78 Å². The zero-order valence-corrected chi connectivity index (χ0v) is 18.7. The van der Waals surface area contributed by atoms with E-state index in [0.29, 0.717) is 22.0 Å². The molecule has 3 N–H and O–H groups in total. The third-order valence-corrected chi connectivity index (χ3v) is 5.96. The van der Waals surface area contributed by atoms with Crippen LogP contribution in [0.2, 0.25) is 5.02 Å². The van der Waals surface area contributed by atoms with Crippen molar-refractivity contribution in [2.45, 2.75) is 25.3 Å². The monoisotopic (exact) mass is 476 g/mol. The Hall–Kier alpha value is -4.04. The van der Waals surface area contributed by atoms with Gasteiger partial charge in [-0.3, -0.25) is 4.79 Å². The molecule has 0 atom stereocenters. The summed E-state index contributed by atoms with van der Waals surface area (Å²) in [4.78, 5) is 25.1. The predicted molar refractivity (Wildman–Crippen MR) is 127 cm³/mol. The van der Waals surface area contributed by atoms with Crippen LogP contribution >= 0.6 is 11.6 Å². The molecule has 172 valence electrons. The molecule has 0 radical (unpaired) electrons. The Kier molecular flexibility index (Phi) is 5.81. The van der Waals surface area contributed by atoms with Crippen molar-refractivity contribution in [2.75, 3.05) is 5.32 Å². The lowest BCUT2D eigenvalue weighted by atomic mass is 10.1. The second-order valence-corrected chi connectivity index (χ2v) is 8.46. The van der Waals surface area contributed by atoms with E-state index in [2.05, 4.69) is 15.7 Å². The van der Waals surface area contributed by atoms with E-state index >= 15 is 0 Å². The Morgan fingerprint density at radius 3 is 2.65 bits per heavy atom. The molecule has 0 bridgehead atoms. The van der Waals surface area contributed by atoms with Crippen molar-refractivity contribution in [1.29, 1.82) is 0 Å². The Morgan fingerprint density at radius 1 is 1.12 bits per heavy atom. The number of hydrogen-bond donors (Lipinski definition) is 3. The minimum atomic E-state index is -0.423. The fraction of sp³-hybridized carbons (Fsp3) is 0.160. The van der Waals surface area contributed by atoms with Gasteiger partial charge in [-0.15, -0.1) is 0 Å². The number of anilines is 1. The van der Waals surface area contributed by atoms with Gasteiger partial charge in [0.15, 0.2) is 5.76 Å². The quantitative estimate of drug-likeness (QED) is 0.345. The highest BCUT2D eigenvalue weighted by molar-refractivity contribution is 6.31. The smallest absolute Gasteiger partial charge is 0.342 e. The summed E-state index contributed by atoms with van der Waals surface area (Å²) in [6, 6.07) is 16.7. The average Bonchev–Trinajstić information content (AvgIpc) is 3.33. The Labute approximate surface area is 200 Å². The zero-order chi connectivity index (χ0) is 23.7. The first kappa shape index (κ1) is 21.8. The van der Waals surface area contributed by atoms with Gasteiger partial charge in [0.05, 0.1) is 17.7 Å². The highest BCUT2D eigenvalue weighted by Crippen LogP contribution is 2.42. The minimum absolute atomic E-state index is 0.0688. The van der Waals surface area contributed by atoms with Crippen LogP contribution < -0.4 is 10.6 Å². The standard InChI is InChI=1S/C25H21ClN4O4/c26-19-5-2-1-4-16(19)14-27-25(33)30-21(15-7-8-15)13-20(29-30)18-10-9-17(12-22(18)31)28-24(32)23-6-3-11-34-23/h1-6,9-13,15,31H,7-8,14H2,(H,27,33)(H,28,32). The SMILES string of the molecule is O=C(Nc1ccc(-c2cc(C3CC3)n(C(=O)NCc3ccccc3Cl)n2)c(O)c1)c1ccco1. The molecule has 5 rings (SSSR count). The van der Waals surface area contributed by atoms with E-state index in [4.69, 9.17) is 16.0 Å². The highest BCUT2D eigenvalue weighted by Gasteiger charge is 2.30. The van der Waals surface area contributed by atoms with Crippen LogP contribution in [0.15, 0.2) is 71.3 Å². The van der Waals surface area contributed by atoms with Crippen LogP contribution in [-0.4, -0.2) is 26.8 Å². The van der Waals surface area contributed by atoms with Crippen molar-refractivity contribution in [3.63, 3.8) is 0 Å². The molecule has 2 heterocycles. The number of nitrogens with zero attached hydrogens (tertiary/aromatic N) is 2. The number of aromatic hydroxyl groups is 1. The van der Waals surface area contributed by atoms with E-state index in [9.17, 15) is 14.7 Å². The van der Waals surface area contributed by atoms with Crippen molar-refractivity contribution in [2.24, 2.45) is 0 Å². The molecule has 0 saturated heterocycles. The normalized spacial score (nSPS) is 13.0. The number of carbonyl (C=O) groups is 2. The number of phenolic OH excluding ortho intramolecular Hbond substituents is 1. The Morgan fingerprint density at radius 2 is 1.94 bits per heavy atom.